The zero-order chi connectivity index (χ0) is 21.2. The number of azide groups is 2. The Morgan fingerprint density at radius 1 is 0.867 bits per heavy atom. The minimum absolute atomic E-state index is 0.0428. The van der Waals surface area contributed by atoms with Crippen molar-refractivity contribution in [2.45, 2.75) is 50.6 Å². The van der Waals surface area contributed by atoms with E-state index >= 15 is 0 Å². The van der Waals surface area contributed by atoms with E-state index in [0.717, 1.165) is 11.1 Å². The molecule has 156 valence electrons. The maximum Gasteiger partial charge on any atom is 0.110 e. The average Bonchev–Trinajstić information content (AvgIpc) is 2.78. The van der Waals surface area contributed by atoms with Crippen LogP contribution in [0.5, 0.6) is 0 Å². The summed E-state index contributed by atoms with van der Waals surface area (Å²) in [5.41, 5.74) is 19.8. The second-order valence-corrected chi connectivity index (χ2v) is 7.01. The fourth-order valence-electron chi connectivity index (χ4n) is 3.53. The smallest absolute Gasteiger partial charge is 0.110 e. The first-order valence-electron chi connectivity index (χ1n) is 9.74. The molecule has 0 aromatic heterocycles. The molecule has 9 heteroatoms. The number of nitrogens with zero attached hydrogens (tertiary/aromatic N) is 6. The molecule has 5 atom stereocenters. The van der Waals surface area contributed by atoms with Crippen LogP contribution in [-0.2, 0) is 27.4 Å². The summed E-state index contributed by atoms with van der Waals surface area (Å²) in [4.78, 5) is 5.78. The molecule has 30 heavy (non-hydrogen) atoms. The molecule has 5 unspecified atom stereocenters. The van der Waals surface area contributed by atoms with E-state index in [1.807, 2.05) is 67.6 Å². The molecule has 1 aliphatic heterocycles. The number of rotatable bonds is 9. The highest BCUT2D eigenvalue weighted by Gasteiger charge is 2.45. The van der Waals surface area contributed by atoms with Gasteiger partial charge in [-0.25, -0.2) is 0 Å². The Balaban J connectivity index is 1.82. The molecule has 1 aliphatic rings. The molecule has 0 radical (unpaired) electrons. The molecule has 0 amide bonds. The van der Waals surface area contributed by atoms with E-state index in [9.17, 15) is 0 Å². The van der Waals surface area contributed by atoms with E-state index in [1.54, 1.807) is 0 Å². The lowest BCUT2D eigenvalue weighted by Gasteiger charge is -2.43. The molecule has 0 aliphatic carbocycles. The van der Waals surface area contributed by atoms with Crippen LogP contribution in [0.15, 0.2) is 70.9 Å². The van der Waals surface area contributed by atoms with Crippen molar-refractivity contribution in [3.05, 3.63) is 92.7 Å². The van der Waals surface area contributed by atoms with Gasteiger partial charge in [0.2, 0.25) is 0 Å². The Bertz CT molecular complexity index is 884. The highest BCUT2D eigenvalue weighted by Crippen LogP contribution is 2.30. The van der Waals surface area contributed by atoms with Crippen molar-refractivity contribution in [1.82, 2.24) is 0 Å². The van der Waals surface area contributed by atoms with Gasteiger partial charge in [0, 0.05) is 9.82 Å². The van der Waals surface area contributed by atoms with Gasteiger partial charge in [0.15, 0.2) is 0 Å². The summed E-state index contributed by atoms with van der Waals surface area (Å²) in [6.45, 7) is 2.62. The third kappa shape index (κ3) is 5.73. The summed E-state index contributed by atoms with van der Waals surface area (Å²) in [7, 11) is 0. The summed E-state index contributed by atoms with van der Waals surface area (Å²) in [5, 5.41) is 7.53. The zero-order valence-corrected chi connectivity index (χ0v) is 16.7. The van der Waals surface area contributed by atoms with Crippen LogP contribution in [0.4, 0.5) is 0 Å². The van der Waals surface area contributed by atoms with Crippen LogP contribution in [0.1, 0.15) is 18.1 Å². The second kappa shape index (κ2) is 11.2. The van der Waals surface area contributed by atoms with E-state index in [0.29, 0.717) is 13.2 Å². The third-order valence-corrected chi connectivity index (χ3v) is 4.97. The van der Waals surface area contributed by atoms with Gasteiger partial charge in [-0.05, 0) is 29.1 Å². The third-order valence-electron chi connectivity index (χ3n) is 4.97. The van der Waals surface area contributed by atoms with Crippen molar-refractivity contribution >= 4 is 0 Å². The van der Waals surface area contributed by atoms with Gasteiger partial charge in [0.05, 0.1) is 44.1 Å². The highest BCUT2D eigenvalue weighted by molar-refractivity contribution is 5.15. The first-order chi connectivity index (χ1) is 14.7. The van der Waals surface area contributed by atoms with E-state index in [2.05, 4.69) is 20.1 Å². The normalized spacial score (nSPS) is 25.7. The van der Waals surface area contributed by atoms with Crippen LogP contribution in [0.2, 0.25) is 0 Å². The van der Waals surface area contributed by atoms with Crippen LogP contribution >= 0.6 is 0 Å². The lowest BCUT2D eigenvalue weighted by atomic mass is 9.93. The minimum Gasteiger partial charge on any atom is -0.372 e. The Morgan fingerprint density at radius 2 is 1.43 bits per heavy atom. The SMILES string of the molecule is CC1OC(CN=[N+]=[N-])C(N=[N+]=[N-])C(OCc2ccccc2)C1OCc1ccccc1. The van der Waals surface area contributed by atoms with E-state index in [1.165, 1.54) is 0 Å². The van der Waals surface area contributed by atoms with E-state index in [-0.39, 0.29) is 12.6 Å². The van der Waals surface area contributed by atoms with Crippen LogP contribution in [-0.4, -0.2) is 37.0 Å². The lowest BCUT2D eigenvalue weighted by Crippen LogP contribution is -2.58. The molecule has 0 spiro atoms. The standard InChI is InChI=1S/C21H24N6O3/c1-15-20(28-13-16-8-4-2-5-9-16)21(29-14-17-10-6-3-7-11-17)19(25-27-23)18(30-15)12-24-26-22/h2-11,15,18-21H,12-14H2,1H3. The fourth-order valence-corrected chi connectivity index (χ4v) is 3.53. The zero-order valence-electron chi connectivity index (χ0n) is 16.7. The van der Waals surface area contributed by atoms with Crippen molar-refractivity contribution in [2.24, 2.45) is 10.2 Å². The molecule has 1 saturated heterocycles. The molecule has 0 saturated carbocycles. The topological polar surface area (TPSA) is 125 Å². The Morgan fingerprint density at radius 3 is 1.97 bits per heavy atom. The van der Waals surface area contributed by atoms with Crippen molar-refractivity contribution in [3.8, 4) is 0 Å². The molecule has 1 heterocycles. The minimum atomic E-state index is -0.693. The summed E-state index contributed by atoms with van der Waals surface area (Å²) in [6.07, 6.45) is -1.97. The van der Waals surface area contributed by atoms with Crippen LogP contribution in [0.3, 0.4) is 0 Å². The molecule has 3 rings (SSSR count). The van der Waals surface area contributed by atoms with E-state index < -0.39 is 24.4 Å². The van der Waals surface area contributed by atoms with Gasteiger partial charge >= 0.3 is 0 Å². The van der Waals surface area contributed by atoms with Gasteiger partial charge in [-0.2, -0.15) is 0 Å². The van der Waals surface area contributed by atoms with Gasteiger partial charge in [0.1, 0.15) is 6.10 Å². The highest BCUT2D eigenvalue weighted by atomic mass is 16.6. The van der Waals surface area contributed by atoms with Crippen molar-refractivity contribution in [2.75, 3.05) is 6.54 Å². The van der Waals surface area contributed by atoms with Gasteiger partial charge in [-0.1, -0.05) is 70.9 Å². The van der Waals surface area contributed by atoms with E-state index in [4.69, 9.17) is 25.3 Å². The number of ether oxygens (including phenoxy) is 3. The largest absolute Gasteiger partial charge is 0.372 e. The molecule has 2 aromatic rings. The van der Waals surface area contributed by atoms with Crippen molar-refractivity contribution in [3.63, 3.8) is 0 Å². The van der Waals surface area contributed by atoms with Gasteiger partial charge in [-0.15, -0.1) is 0 Å². The molecule has 1 fully saturated rings. The first kappa shape index (κ1) is 21.6. The maximum absolute atomic E-state index is 9.13. The number of benzene rings is 2. The monoisotopic (exact) mass is 408 g/mol. The van der Waals surface area contributed by atoms with Gasteiger partial charge in [0.25, 0.3) is 0 Å². The Kier molecular flexibility index (Phi) is 8.09. The number of hydrogen-bond acceptors (Lipinski definition) is 5. The second-order valence-electron chi connectivity index (χ2n) is 7.01. The summed E-state index contributed by atoms with van der Waals surface area (Å²) >= 11 is 0. The predicted molar refractivity (Wildman–Crippen MR) is 111 cm³/mol. The fraction of sp³-hybridized carbons (Fsp3) is 0.429. The van der Waals surface area contributed by atoms with Crippen LogP contribution < -0.4 is 0 Å². The summed E-state index contributed by atoms with van der Waals surface area (Å²) < 4.78 is 18.4. The van der Waals surface area contributed by atoms with Crippen molar-refractivity contribution < 1.29 is 14.2 Å². The molecule has 2 aromatic carbocycles. The Labute approximate surface area is 174 Å². The summed E-state index contributed by atoms with van der Waals surface area (Å²) in [5.74, 6) is 0. The van der Waals surface area contributed by atoms with Crippen molar-refractivity contribution in [1.29, 1.82) is 0 Å². The average molecular weight is 408 g/mol. The van der Waals surface area contributed by atoms with Crippen LogP contribution in [0.25, 0.3) is 20.9 Å². The maximum atomic E-state index is 9.13. The molecule has 0 bridgehead atoms. The quantitative estimate of drug-likeness (QED) is 0.331. The molecule has 9 nitrogen and oxygen atoms in total. The molecular weight excluding hydrogens is 384 g/mol. The van der Waals surface area contributed by atoms with Crippen LogP contribution in [0, 0.1) is 0 Å². The molecular formula is C21H24N6O3. The molecule has 0 N–H and O–H groups in total. The number of hydrogen-bond donors (Lipinski definition) is 0. The Hall–Kier alpha value is -3.06. The lowest BCUT2D eigenvalue weighted by molar-refractivity contribution is -0.208. The predicted octanol–water partition coefficient (Wildman–Crippen LogP) is 4.93. The van der Waals surface area contributed by atoms with Gasteiger partial charge in [-0.3, -0.25) is 0 Å². The first-order valence-corrected chi connectivity index (χ1v) is 9.74. The van der Waals surface area contributed by atoms with Gasteiger partial charge < -0.3 is 14.2 Å². The summed E-state index contributed by atoms with van der Waals surface area (Å²) in [6, 6.07) is 18.8.